The van der Waals surface area contributed by atoms with Gasteiger partial charge in [0.15, 0.2) is 0 Å². The van der Waals surface area contributed by atoms with Crippen molar-refractivity contribution in [2.24, 2.45) is 0 Å². The van der Waals surface area contributed by atoms with Crippen molar-refractivity contribution < 1.29 is 18.6 Å². The molecule has 0 aliphatic heterocycles. The summed E-state index contributed by atoms with van der Waals surface area (Å²) in [6, 6.07) is 13.7. The number of aryl methyl sites for hydroxylation is 1. The van der Waals surface area contributed by atoms with Gasteiger partial charge in [-0.2, -0.15) is 0 Å². The lowest BCUT2D eigenvalue weighted by atomic mass is 10.1. The fourth-order valence-corrected chi connectivity index (χ4v) is 2.34. The number of hydrogen-bond donors (Lipinski definition) is 1. The van der Waals surface area contributed by atoms with Gasteiger partial charge in [0.1, 0.15) is 19.0 Å². The van der Waals surface area contributed by atoms with E-state index in [9.17, 15) is 4.39 Å². The Kier molecular flexibility index (Phi) is 8.66. The first-order valence-corrected chi connectivity index (χ1v) is 8.67. The van der Waals surface area contributed by atoms with Crippen LogP contribution in [0.25, 0.3) is 12.2 Å². The maximum absolute atomic E-state index is 11.8. The van der Waals surface area contributed by atoms with Crippen molar-refractivity contribution in [3.8, 4) is 5.75 Å². The van der Waals surface area contributed by atoms with Crippen LogP contribution in [-0.4, -0.2) is 39.7 Å². The maximum atomic E-state index is 11.8. The van der Waals surface area contributed by atoms with Gasteiger partial charge in [-0.05, 0) is 47.9 Å². The monoisotopic (exact) mass is 359 g/mol. The van der Waals surface area contributed by atoms with Gasteiger partial charge in [-0.3, -0.25) is 0 Å². The molecule has 4 nitrogen and oxygen atoms in total. The van der Waals surface area contributed by atoms with Gasteiger partial charge in [0.25, 0.3) is 0 Å². The Hall–Kier alpha value is -2.37. The lowest BCUT2D eigenvalue weighted by molar-refractivity contribution is 0.0325. The summed E-state index contributed by atoms with van der Waals surface area (Å²) in [5, 5.41) is 0. The molecule has 0 fully saturated rings. The van der Waals surface area contributed by atoms with E-state index in [0.717, 1.165) is 28.1 Å². The SMILES string of the molecule is Cc1cc(N)ccc1/C=C/c1ccc(OCCOCCOCCF)cc1. The van der Waals surface area contributed by atoms with Gasteiger partial charge in [-0.25, -0.2) is 4.39 Å². The Bertz CT molecular complexity index is 686. The third-order valence-electron chi connectivity index (χ3n) is 3.72. The van der Waals surface area contributed by atoms with Crippen LogP contribution in [0.1, 0.15) is 16.7 Å². The Balaban J connectivity index is 1.71. The minimum absolute atomic E-state index is 0.124. The highest BCUT2D eigenvalue weighted by Gasteiger charge is 1.97. The zero-order valence-electron chi connectivity index (χ0n) is 15.1. The highest BCUT2D eigenvalue weighted by molar-refractivity contribution is 5.72. The first kappa shape index (κ1) is 19.9. The summed E-state index contributed by atoms with van der Waals surface area (Å²) in [4.78, 5) is 0. The van der Waals surface area contributed by atoms with Gasteiger partial charge in [-0.1, -0.05) is 30.4 Å². The quantitative estimate of drug-likeness (QED) is 0.372. The van der Waals surface area contributed by atoms with Crippen LogP contribution in [0.5, 0.6) is 5.75 Å². The standard InChI is InChI=1S/C21H26FNO3/c1-17-16-20(23)7-6-19(17)5-2-18-3-8-21(9-4-18)26-15-14-25-13-12-24-11-10-22/h2-9,16H,10-15,23H2,1H3/b5-2+. The molecule has 0 radical (unpaired) electrons. The lowest BCUT2D eigenvalue weighted by Gasteiger charge is -2.07. The number of nitrogen functional groups attached to an aromatic ring is 1. The zero-order valence-corrected chi connectivity index (χ0v) is 15.1. The van der Waals surface area contributed by atoms with Crippen molar-refractivity contribution in [2.75, 3.05) is 45.4 Å². The summed E-state index contributed by atoms with van der Waals surface area (Å²) in [5.41, 5.74) is 9.93. The summed E-state index contributed by atoms with van der Waals surface area (Å²) < 4.78 is 27.7. The van der Waals surface area contributed by atoms with E-state index in [1.165, 1.54) is 0 Å². The Morgan fingerprint density at radius 3 is 2.27 bits per heavy atom. The third kappa shape index (κ3) is 7.25. The molecule has 0 spiro atoms. The lowest BCUT2D eigenvalue weighted by Crippen LogP contribution is -2.11. The van der Waals surface area contributed by atoms with Crippen molar-refractivity contribution in [3.63, 3.8) is 0 Å². The molecule has 0 aromatic heterocycles. The summed E-state index contributed by atoms with van der Waals surface area (Å²) >= 11 is 0. The number of benzene rings is 2. The summed E-state index contributed by atoms with van der Waals surface area (Å²) in [6.07, 6.45) is 4.13. The second kappa shape index (κ2) is 11.3. The molecule has 0 amide bonds. The Morgan fingerprint density at radius 2 is 1.58 bits per heavy atom. The number of alkyl halides is 1. The molecule has 2 N–H and O–H groups in total. The van der Waals surface area contributed by atoms with Crippen LogP contribution in [0, 0.1) is 6.92 Å². The molecule has 0 aliphatic rings. The molecule has 0 unspecified atom stereocenters. The van der Waals surface area contributed by atoms with E-state index in [2.05, 4.69) is 12.2 Å². The van der Waals surface area contributed by atoms with Crippen LogP contribution in [0.4, 0.5) is 10.1 Å². The van der Waals surface area contributed by atoms with Crippen LogP contribution in [0.3, 0.4) is 0 Å². The van der Waals surface area contributed by atoms with Crippen LogP contribution in [-0.2, 0) is 9.47 Å². The molecular formula is C21H26FNO3. The van der Waals surface area contributed by atoms with E-state index in [0.29, 0.717) is 26.4 Å². The molecule has 2 aromatic rings. The molecule has 0 heterocycles. The molecule has 140 valence electrons. The van der Waals surface area contributed by atoms with Gasteiger partial charge in [0.05, 0.1) is 26.4 Å². The van der Waals surface area contributed by atoms with Crippen molar-refractivity contribution in [1.29, 1.82) is 0 Å². The molecule has 26 heavy (non-hydrogen) atoms. The minimum Gasteiger partial charge on any atom is -0.491 e. The Morgan fingerprint density at radius 1 is 0.885 bits per heavy atom. The predicted molar refractivity (Wildman–Crippen MR) is 104 cm³/mol. The van der Waals surface area contributed by atoms with Crippen molar-refractivity contribution in [1.82, 2.24) is 0 Å². The second-order valence-electron chi connectivity index (χ2n) is 5.78. The molecule has 0 bridgehead atoms. The van der Waals surface area contributed by atoms with E-state index in [1.807, 2.05) is 49.4 Å². The average Bonchev–Trinajstić information content (AvgIpc) is 2.64. The van der Waals surface area contributed by atoms with Crippen LogP contribution in [0.15, 0.2) is 42.5 Å². The number of ether oxygens (including phenoxy) is 3. The third-order valence-corrected chi connectivity index (χ3v) is 3.72. The van der Waals surface area contributed by atoms with Gasteiger partial charge < -0.3 is 19.9 Å². The maximum Gasteiger partial charge on any atom is 0.119 e. The molecule has 2 aromatic carbocycles. The first-order valence-electron chi connectivity index (χ1n) is 8.67. The van der Waals surface area contributed by atoms with Crippen molar-refractivity contribution >= 4 is 17.8 Å². The highest BCUT2D eigenvalue weighted by atomic mass is 19.1. The van der Waals surface area contributed by atoms with Crippen molar-refractivity contribution in [3.05, 3.63) is 59.2 Å². The molecular weight excluding hydrogens is 333 g/mol. The zero-order chi connectivity index (χ0) is 18.6. The van der Waals surface area contributed by atoms with Gasteiger partial charge >= 0.3 is 0 Å². The first-order chi connectivity index (χ1) is 12.7. The van der Waals surface area contributed by atoms with Gasteiger partial charge in [0, 0.05) is 5.69 Å². The van der Waals surface area contributed by atoms with Crippen LogP contribution < -0.4 is 10.5 Å². The van der Waals surface area contributed by atoms with E-state index in [1.54, 1.807) is 0 Å². The number of anilines is 1. The summed E-state index contributed by atoms with van der Waals surface area (Å²) in [6.45, 7) is 3.48. The summed E-state index contributed by atoms with van der Waals surface area (Å²) in [7, 11) is 0. The smallest absolute Gasteiger partial charge is 0.119 e. The van der Waals surface area contributed by atoms with Gasteiger partial charge in [-0.15, -0.1) is 0 Å². The van der Waals surface area contributed by atoms with E-state index in [-0.39, 0.29) is 6.61 Å². The molecule has 0 atom stereocenters. The van der Waals surface area contributed by atoms with E-state index in [4.69, 9.17) is 19.9 Å². The fourth-order valence-electron chi connectivity index (χ4n) is 2.34. The number of rotatable bonds is 11. The number of hydrogen-bond acceptors (Lipinski definition) is 4. The molecule has 0 saturated carbocycles. The minimum atomic E-state index is -0.464. The van der Waals surface area contributed by atoms with E-state index >= 15 is 0 Å². The molecule has 0 aliphatic carbocycles. The van der Waals surface area contributed by atoms with Crippen LogP contribution >= 0.6 is 0 Å². The molecule has 5 heteroatoms. The van der Waals surface area contributed by atoms with Crippen molar-refractivity contribution in [2.45, 2.75) is 6.92 Å². The topological polar surface area (TPSA) is 53.7 Å². The van der Waals surface area contributed by atoms with Gasteiger partial charge in [0.2, 0.25) is 0 Å². The average molecular weight is 359 g/mol. The number of nitrogens with two attached hydrogens (primary N) is 1. The normalized spacial score (nSPS) is 11.2. The molecule has 2 rings (SSSR count). The fraction of sp³-hybridized carbons (Fsp3) is 0.333. The molecule has 0 saturated heterocycles. The summed E-state index contributed by atoms with van der Waals surface area (Å²) in [5.74, 6) is 0.795. The highest BCUT2D eigenvalue weighted by Crippen LogP contribution is 2.17. The second-order valence-corrected chi connectivity index (χ2v) is 5.78. The number of halogens is 1. The van der Waals surface area contributed by atoms with Crippen LogP contribution in [0.2, 0.25) is 0 Å². The predicted octanol–water partition coefficient (Wildman–Crippen LogP) is 4.13. The van der Waals surface area contributed by atoms with E-state index < -0.39 is 6.67 Å². The largest absolute Gasteiger partial charge is 0.491 e. The Labute approximate surface area is 154 Å².